The number of nitrogens with zero attached hydrogens (tertiary/aromatic N) is 2. The molecule has 0 bridgehead atoms. The number of hydrogen-bond donors (Lipinski definition) is 1. The van der Waals surface area contributed by atoms with Crippen molar-refractivity contribution in [1.82, 2.24) is 4.98 Å². The van der Waals surface area contributed by atoms with Crippen molar-refractivity contribution in [3.8, 4) is 0 Å². The number of anilines is 1. The van der Waals surface area contributed by atoms with E-state index in [4.69, 9.17) is 0 Å². The standard InChI is InChI=1S/C13H10BrN3O3/c1-8-4-5-15-7-12(8)16-13(18)10-6-9(17(19)20)2-3-11(10)14/h2-7H,1H3,(H,16,18). The lowest BCUT2D eigenvalue weighted by atomic mass is 10.1. The molecule has 1 aromatic carbocycles. The number of aryl methyl sites for hydroxylation is 1. The molecule has 0 spiro atoms. The van der Waals surface area contributed by atoms with E-state index in [-0.39, 0.29) is 11.3 Å². The number of nitrogens with one attached hydrogen (secondary N) is 1. The van der Waals surface area contributed by atoms with Crippen molar-refractivity contribution in [2.75, 3.05) is 5.32 Å². The number of benzene rings is 1. The predicted molar refractivity (Wildman–Crippen MR) is 77.7 cm³/mol. The first-order valence-electron chi connectivity index (χ1n) is 5.65. The topological polar surface area (TPSA) is 85.1 Å². The summed E-state index contributed by atoms with van der Waals surface area (Å²) in [6, 6.07) is 5.79. The zero-order valence-electron chi connectivity index (χ0n) is 10.5. The molecule has 0 aliphatic rings. The fourth-order valence-electron chi connectivity index (χ4n) is 1.59. The Morgan fingerprint density at radius 1 is 1.40 bits per heavy atom. The molecule has 2 aromatic rings. The van der Waals surface area contributed by atoms with E-state index in [1.165, 1.54) is 24.4 Å². The smallest absolute Gasteiger partial charge is 0.270 e. The van der Waals surface area contributed by atoms with Crippen molar-refractivity contribution >= 4 is 33.2 Å². The Morgan fingerprint density at radius 3 is 2.80 bits per heavy atom. The van der Waals surface area contributed by atoms with Crippen LogP contribution in [0.15, 0.2) is 41.1 Å². The Morgan fingerprint density at radius 2 is 2.15 bits per heavy atom. The van der Waals surface area contributed by atoms with Crippen LogP contribution < -0.4 is 5.32 Å². The first-order chi connectivity index (χ1) is 9.49. The van der Waals surface area contributed by atoms with Crippen LogP contribution in [0.3, 0.4) is 0 Å². The van der Waals surface area contributed by atoms with Crippen molar-refractivity contribution in [2.24, 2.45) is 0 Å². The highest BCUT2D eigenvalue weighted by molar-refractivity contribution is 9.10. The Hall–Kier alpha value is -2.28. The quantitative estimate of drug-likeness (QED) is 0.688. The number of carbonyl (C=O) groups excluding carboxylic acids is 1. The Bertz CT molecular complexity index is 688. The molecule has 0 fully saturated rings. The van der Waals surface area contributed by atoms with E-state index in [1.807, 2.05) is 6.92 Å². The maximum absolute atomic E-state index is 12.2. The third-order valence-corrected chi connectivity index (χ3v) is 3.38. The van der Waals surface area contributed by atoms with Crippen molar-refractivity contribution in [2.45, 2.75) is 6.92 Å². The summed E-state index contributed by atoms with van der Waals surface area (Å²) in [5.74, 6) is -0.434. The molecule has 7 heteroatoms. The molecule has 102 valence electrons. The third kappa shape index (κ3) is 3.00. The maximum atomic E-state index is 12.2. The van der Waals surface area contributed by atoms with Crippen molar-refractivity contribution < 1.29 is 9.72 Å². The second-order valence-corrected chi connectivity index (χ2v) is 4.92. The summed E-state index contributed by atoms with van der Waals surface area (Å²) in [5.41, 5.74) is 1.48. The van der Waals surface area contributed by atoms with E-state index in [9.17, 15) is 14.9 Å². The number of halogens is 1. The number of rotatable bonds is 3. The molecule has 0 aliphatic carbocycles. The van der Waals surface area contributed by atoms with Gasteiger partial charge in [0.15, 0.2) is 0 Å². The molecule has 0 saturated heterocycles. The van der Waals surface area contributed by atoms with E-state index in [2.05, 4.69) is 26.2 Å². The van der Waals surface area contributed by atoms with Gasteiger partial charge in [-0.1, -0.05) is 0 Å². The van der Waals surface area contributed by atoms with Crippen LogP contribution in [0.5, 0.6) is 0 Å². The lowest BCUT2D eigenvalue weighted by molar-refractivity contribution is -0.384. The fourth-order valence-corrected chi connectivity index (χ4v) is 2.01. The number of non-ortho nitro benzene ring substituents is 1. The maximum Gasteiger partial charge on any atom is 0.270 e. The predicted octanol–water partition coefficient (Wildman–Crippen LogP) is 3.31. The molecular weight excluding hydrogens is 326 g/mol. The SMILES string of the molecule is Cc1ccncc1NC(=O)c1cc([N+](=O)[O-])ccc1Br. The van der Waals surface area contributed by atoms with Crippen LogP contribution in [0.2, 0.25) is 0 Å². The second kappa shape index (κ2) is 5.79. The molecule has 1 heterocycles. The van der Waals surface area contributed by atoms with Gasteiger partial charge in [-0.2, -0.15) is 0 Å². The second-order valence-electron chi connectivity index (χ2n) is 4.07. The highest BCUT2D eigenvalue weighted by atomic mass is 79.9. The minimum Gasteiger partial charge on any atom is -0.320 e. The fraction of sp³-hybridized carbons (Fsp3) is 0.0769. The zero-order valence-corrected chi connectivity index (χ0v) is 12.0. The van der Waals surface area contributed by atoms with E-state index in [1.54, 1.807) is 12.3 Å². The monoisotopic (exact) mass is 335 g/mol. The average Bonchev–Trinajstić information content (AvgIpc) is 2.41. The highest BCUT2D eigenvalue weighted by Gasteiger charge is 2.16. The minimum absolute atomic E-state index is 0.138. The van der Waals surface area contributed by atoms with Crippen molar-refractivity contribution in [3.63, 3.8) is 0 Å². The third-order valence-electron chi connectivity index (χ3n) is 2.69. The van der Waals surface area contributed by atoms with Gasteiger partial charge in [-0.3, -0.25) is 19.9 Å². The molecule has 2 rings (SSSR count). The molecule has 0 saturated carbocycles. The number of hydrogen-bond acceptors (Lipinski definition) is 4. The number of carbonyl (C=O) groups is 1. The van der Waals surface area contributed by atoms with E-state index in [0.29, 0.717) is 10.2 Å². The van der Waals surface area contributed by atoms with Gasteiger partial charge < -0.3 is 5.32 Å². The van der Waals surface area contributed by atoms with Gasteiger partial charge in [-0.15, -0.1) is 0 Å². The first kappa shape index (κ1) is 14.1. The summed E-state index contributed by atoms with van der Waals surface area (Å²) < 4.78 is 0.488. The average molecular weight is 336 g/mol. The van der Waals surface area contributed by atoms with Gasteiger partial charge in [0, 0.05) is 22.8 Å². The largest absolute Gasteiger partial charge is 0.320 e. The molecule has 20 heavy (non-hydrogen) atoms. The first-order valence-corrected chi connectivity index (χ1v) is 6.44. The molecule has 0 atom stereocenters. The molecule has 1 aromatic heterocycles. The van der Waals surface area contributed by atoms with Gasteiger partial charge in [0.05, 0.1) is 22.4 Å². The zero-order chi connectivity index (χ0) is 14.7. The number of aromatic nitrogens is 1. The Labute approximate surface area is 123 Å². The molecular formula is C13H10BrN3O3. The number of nitro benzene ring substituents is 1. The highest BCUT2D eigenvalue weighted by Crippen LogP contribution is 2.24. The number of amides is 1. The van der Waals surface area contributed by atoms with E-state index in [0.717, 1.165) is 5.56 Å². The summed E-state index contributed by atoms with van der Waals surface area (Å²) >= 11 is 3.21. The van der Waals surface area contributed by atoms with Gasteiger partial charge in [0.1, 0.15) is 0 Å². The van der Waals surface area contributed by atoms with E-state index >= 15 is 0 Å². The Kier molecular flexibility index (Phi) is 4.09. The molecule has 0 aliphatic heterocycles. The number of nitro groups is 1. The van der Waals surface area contributed by atoms with Gasteiger partial charge in [-0.05, 0) is 40.5 Å². The van der Waals surface area contributed by atoms with Crippen LogP contribution in [0.1, 0.15) is 15.9 Å². The van der Waals surface area contributed by atoms with Gasteiger partial charge in [-0.25, -0.2) is 0 Å². The minimum atomic E-state index is -0.543. The number of pyridine rings is 1. The van der Waals surface area contributed by atoms with Gasteiger partial charge in [0.25, 0.3) is 11.6 Å². The van der Waals surface area contributed by atoms with Crippen LogP contribution in [0.25, 0.3) is 0 Å². The van der Waals surface area contributed by atoms with Crippen LogP contribution in [0.4, 0.5) is 11.4 Å². The van der Waals surface area contributed by atoms with E-state index < -0.39 is 10.8 Å². The molecule has 6 nitrogen and oxygen atoms in total. The normalized spacial score (nSPS) is 10.1. The summed E-state index contributed by atoms with van der Waals surface area (Å²) in [6.07, 6.45) is 3.15. The molecule has 1 N–H and O–H groups in total. The van der Waals surface area contributed by atoms with Crippen molar-refractivity contribution in [3.05, 3.63) is 62.4 Å². The van der Waals surface area contributed by atoms with Crippen LogP contribution >= 0.6 is 15.9 Å². The summed E-state index contributed by atoms with van der Waals surface area (Å²) in [7, 11) is 0. The van der Waals surface area contributed by atoms with Gasteiger partial charge >= 0.3 is 0 Å². The van der Waals surface area contributed by atoms with Crippen LogP contribution in [0, 0.1) is 17.0 Å². The summed E-state index contributed by atoms with van der Waals surface area (Å²) in [4.78, 5) is 26.3. The molecule has 0 unspecified atom stereocenters. The Balaban J connectivity index is 2.32. The molecule has 0 radical (unpaired) electrons. The van der Waals surface area contributed by atoms with Crippen molar-refractivity contribution in [1.29, 1.82) is 0 Å². The summed E-state index contributed by atoms with van der Waals surface area (Å²) in [6.45, 7) is 1.83. The summed E-state index contributed by atoms with van der Waals surface area (Å²) in [5, 5.41) is 13.4. The van der Waals surface area contributed by atoms with Crippen LogP contribution in [-0.4, -0.2) is 15.8 Å². The lowest BCUT2D eigenvalue weighted by Gasteiger charge is -2.08. The van der Waals surface area contributed by atoms with Crippen LogP contribution in [-0.2, 0) is 0 Å². The molecule has 1 amide bonds. The lowest BCUT2D eigenvalue weighted by Crippen LogP contribution is -2.14. The van der Waals surface area contributed by atoms with Gasteiger partial charge in [0.2, 0.25) is 0 Å².